The molecule has 1 aromatic carbocycles. The van der Waals surface area contributed by atoms with E-state index >= 15 is 0 Å². The SMILES string of the molecule is C=C(c1cccc(F)c1)[C@@H](C)[C@@H](O)C(=O)OCC. The number of ether oxygens (including phenoxy) is 1. The third-order valence-electron chi connectivity index (χ3n) is 2.75. The second-order valence-corrected chi connectivity index (χ2v) is 4.02. The first-order chi connectivity index (χ1) is 8.47. The maximum Gasteiger partial charge on any atom is 0.335 e. The van der Waals surface area contributed by atoms with Gasteiger partial charge in [-0.15, -0.1) is 0 Å². The van der Waals surface area contributed by atoms with Gasteiger partial charge < -0.3 is 9.84 Å². The molecular weight excluding hydrogens is 235 g/mol. The average Bonchev–Trinajstić information content (AvgIpc) is 2.36. The van der Waals surface area contributed by atoms with E-state index < -0.39 is 18.0 Å². The minimum Gasteiger partial charge on any atom is -0.464 e. The molecule has 0 heterocycles. The van der Waals surface area contributed by atoms with Crippen LogP contribution in [0.1, 0.15) is 19.4 Å². The zero-order valence-electron chi connectivity index (χ0n) is 10.5. The van der Waals surface area contributed by atoms with Crippen LogP contribution in [-0.4, -0.2) is 23.8 Å². The molecule has 0 aliphatic rings. The summed E-state index contributed by atoms with van der Waals surface area (Å²) in [5.74, 6) is -1.61. The van der Waals surface area contributed by atoms with Crippen molar-refractivity contribution >= 4 is 11.5 Å². The molecule has 1 N–H and O–H groups in total. The fourth-order valence-corrected chi connectivity index (χ4v) is 1.57. The number of halogens is 1. The lowest BCUT2D eigenvalue weighted by Crippen LogP contribution is -2.30. The van der Waals surface area contributed by atoms with Crippen molar-refractivity contribution in [3.05, 3.63) is 42.2 Å². The highest BCUT2D eigenvalue weighted by Gasteiger charge is 2.26. The van der Waals surface area contributed by atoms with Crippen LogP contribution in [0.5, 0.6) is 0 Å². The molecule has 0 aromatic heterocycles. The van der Waals surface area contributed by atoms with Gasteiger partial charge in [0.05, 0.1) is 6.61 Å². The Morgan fingerprint density at radius 1 is 1.56 bits per heavy atom. The van der Waals surface area contributed by atoms with Crippen LogP contribution in [0.4, 0.5) is 4.39 Å². The molecule has 0 aliphatic carbocycles. The highest BCUT2D eigenvalue weighted by Crippen LogP contribution is 2.25. The van der Waals surface area contributed by atoms with Gasteiger partial charge in [0.25, 0.3) is 0 Å². The maximum atomic E-state index is 13.1. The van der Waals surface area contributed by atoms with E-state index in [4.69, 9.17) is 4.74 Å². The molecule has 3 nitrogen and oxygen atoms in total. The molecule has 0 unspecified atom stereocenters. The Morgan fingerprint density at radius 3 is 2.78 bits per heavy atom. The molecule has 0 bridgehead atoms. The van der Waals surface area contributed by atoms with Crippen LogP contribution >= 0.6 is 0 Å². The molecule has 0 amide bonds. The summed E-state index contributed by atoms with van der Waals surface area (Å²) in [6, 6.07) is 5.87. The number of carbonyl (C=O) groups is 1. The molecule has 0 fully saturated rings. The summed E-state index contributed by atoms with van der Waals surface area (Å²) < 4.78 is 17.8. The lowest BCUT2D eigenvalue weighted by atomic mass is 9.91. The smallest absolute Gasteiger partial charge is 0.335 e. The summed E-state index contributed by atoms with van der Waals surface area (Å²) in [5, 5.41) is 9.79. The Labute approximate surface area is 106 Å². The first-order valence-electron chi connectivity index (χ1n) is 5.76. The average molecular weight is 252 g/mol. The van der Waals surface area contributed by atoms with Crippen molar-refractivity contribution in [3.63, 3.8) is 0 Å². The van der Waals surface area contributed by atoms with Crippen LogP contribution < -0.4 is 0 Å². The predicted molar refractivity (Wildman–Crippen MR) is 67.2 cm³/mol. The highest BCUT2D eigenvalue weighted by atomic mass is 19.1. The van der Waals surface area contributed by atoms with E-state index in [0.29, 0.717) is 11.1 Å². The van der Waals surface area contributed by atoms with Gasteiger partial charge in [-0.25, -0.2) is 9.18 Å². The number of aliphatic hydroxyl groups excluding tert-OH is 1. The van der Waals surface area contributed by atoms with Crippen LogP contribution in [0.2, 0.25) is 0 Å². The standard InChI is InChI=1S/C14H17FO3/c1-4-18-14(17)13(16)10(3)9(2)11-6-5-7-12(15)8-11/h5-8,10,13,16H,2,4H2,1,3H3/t10-,13-/m1/s1. The molecule has 1 rings (SSSR count). The van der Waals surface area contributed by atoms with Crippen molar-refractivity contribution in [3.8, 4) is 0 Å². The Hall–Kier alpha value is -1.68. The van der Waals surface area contributed by atoms with Crippen LogP contribution in [0.3, 0.4) is 0 Å². The monoisotopic (exact) mass is 252 g/mol. The van der Waals surface area contributed by atoms with Crippen molar-refractivity contribution in [2.24, 2.45) is 5.92 Å². The summed E-state index contributed by atoms with van der Waals surface area (Å²) in [4.78, 5) is 11.4. The van der Waals surface area contributed by atoms with E-state index in [1.165, 1.54) is 12.1 Å². The molecule has 0 saturated carbocycles. The van der Waals surface area contributed by atoms with E-state index in [9.17, 15) is 14.3 Å². The quantitative estimate of drug-likeness (QED) is 0.818. The molecule has 0 radical (unpaired) electrons. The number of esters is 1. The lowest BCUT2D eigenvalue weighted by molar-refractivity contribution is -0.154. The predicted octanol–water partition coefficient (Wildman–Crippen LogP) is 2.40. The molecule has 0 aliphatic heterocycles. The Bertz CT molecular complexity index is 442. The minimum absolute atomic E-state index is 0.203. The van der Waals surface area contributed by atoms with Crippen LogP contribution in [0, 0.1) is 11.7 Å². The third kappa shape index (κ3) is 3.40. The third-order valence-corrected chi connectivity index (χ3v) is 2.75. The molecule has 18 heavy (non-hydrogen) atoms. The van der Waals surface area contributed by atoms with Crippen molar-refractivity contribution in [1.82, 2.24) is 0 Å². The number of benzene rings is 1. The zero-order valence-corrected chi connectivity index (χ0v) is 10.5. The zero-order chi connectivity index (χ0) is 13.7. The second-order valence-electron chi connectivity index (χ2n) is 4.02. The summed E-state index contributed by atoms with van der Waals surface area (Å²) >= 11 is 0. The molecule has 4 heteroatoms. The summed E-state index contributed by atoms with van der Waals surface area (Å²) in [6.45, 7) is 7.31. The van der Waals surface area contributed by atoms with Crippen molar-refractivity contribution in [1.29, 1.82) is 0 Å². The van der Waals surface area contributed by atoms with E-state index in [0.717, 1.165) is 0 Å². The fraction of sp³-hybridized carbons (Fsp3) is 0.357. The molecule has 1 aromatic rings. The summed E-state index contributed by atoms with van der Waals surface area (Å²) in [7, 11) is 0. The normalized spacial score (nSPS) is 13.8. The molecule has 0 saturated heterocycles. The van der Waals surface area contributed by atoms with Gasteiger partial charge in [-0.05, 0) is 30.2 Å². The van der Waals surface area contributed by atoms with Gasteiger partial charge in [-0.2, -0.15) is 0 Å². The first kappa shape index (κ1) is 14.4. The Morgan fingerprint density at radius 2 is 2.22 bits per heavy atom. The summed E-state index contributed by atoms with van der Waals surface area (Å²) in [6.07, 6.45) is -1.29. The van der Waals surface area contributed by atoms with Gasteiger partial charge in [-0.1, -0.05) is 25.6 Å². The van der Waals surface area contributed by atoms with Gasteiger partial charge >= 0.3 is 5.97 Å². The van der Waals surface area contributed by atoms with E-state index in [1.807, 2.05) is 0 Å². The van der Waals surface area contributed by atoms with Gasteiger partial charge in [0.15, 0.2) is 6.10 Å². The lowest BCUT2D eigenvalue weighted by Gasteiger charge is -2.19. The van der Waals surface area contributed by atoms with Gasteiger partial charge in [0, 0.05) is 5.92 Å². The van der Waals surface area contributed by atoms with Crippen molar-refractivity contribution in [2.45, 2.75) is 20.0 Å². The molecule has 0 spiro atoms. The largest absolute Gasteiger partial charge is 0.464 e. The van der Waals surface area contributed by atoms with Crippen LogP contribution in [0.15, 0.2) is 30.8 Å². The topological polar surface area (TPSA) is 46.5 Å². The van der Waals surface area contributed by atoms with Crippen molar-refractivity contribution < 1.29 is 19.0 Å². The number of hydrogen-bond donors (Lipinski definition) is 1. The van der Waals surface area contributed by atoms with Gasteiger partial charge in [0.2, 0.25) is 0 Å². The second kappa shape index (κ2) is 6.31. The molecular formula is C14H17FO3. The number of carbonyl (C=O) groups excluding carboxylic acids is 1. The molecule has 98 valence electrons. The van der Waals surface area contributed by atoms with E-state index in [-0.39, 0.29) is 12.4 Å². The van der Waals surface area contributed by atoms with Gasteiger partial charge in [-0.3, -0.25) is 0 Å². The van der Waals surface area contributed by atoms with Crippen LogP contribution in [-0.2, 0) is 9.53 Å². The summed E-state index contributed by atoms with van der Waals surface area (Å²) in [5.41, 5.74) is 1.06. The van der Waals surface area contributed by atoms with E-state index in [1.54, 1.807) is 26.0 Å². The minimum atomic E-state index is -1.29. The Balaban J connectivity index is 2.81. The molecule has 2 atom stereocenters. The maximum absolute atomic E-state index is 13.1. The highest BCUT2D eigenvalue weighted by molar-refractivity contribution is 5.79. The van der Waals surface area contributed by atoms with Gasteiger partial charge in [0.1, 0.15) is 5.82 Å². The number of rotatable bonds is 5. The number of aliphatic hydroxyl groups is 1. The van der Waals surface area contributed by atoms with E-state index in [2.05, 4.69) is 6.58 Å². The van der Waals surface area contributed by atoms with Crippen LogP contribution in [0.25, 0.3) is 5.57 Å². The Kier molecular flexibility index (Phi) is 5.04. The first-order valence-corrected chi connectivity index (χ1v) is 5.76. The number of hydrogen-bond acceptors (Lipinski definition) is 3. The van der Waals surface area contributed by atoms with Crippen molar-refractivity contribution in [2.75, 3.05) is 6.61 Å². The fourth-order valence-electron chi connectivity index (χ4n) is 1.57.